The van der Waals surface area contributed by atoms with Crippen molar-refractivity contribution in [3.05, 3.63) is 17.7 Å². The molecule has 0 amide bonds. The Kier molecular flexibility index (Phi) is 3.15. The van der Waals surface area contributed by atoms with E-state index >= 15 is 0 Å². The van der Waals surface area contributed by atoms with Crippen LogP contribution in [-0.2, 0) is 6.42 Å². The summed E-state index contributed by atoms with van der Waals surface area (Å²) in [4.78, 5) is 0. The van der Waals surface area contributed by atoms with Crippen molar-refractivity contribution < 1.29 is 19.3 Å². The minimum absolute atomic E-state index is 0.565. The molecule has 0 unspecified atom stereocenters. The number of ether oxygens (including phenoxy) is 3. The second kappa shape index (κ2) is 4.45. The molecule has 0 atom stereocenters. The van der Waals surface area contributed by atoms with Crippen LogP contribution in [-0.4, -0.2) is 32.0 Å². The Bertz CT molecular complexity index is 410. The molecule has 0 radical (unpaired) electrons. The first-order valence-electron chi connectivity index (χ1n) is 5.63. The molecule has 0 bridgehead atoms. The average Bonchev–Trinajstić information content (AvgIpc) is 3.05. The van der Waals surface area contributed by atoms with Gasteiger partial charge in [-0.25, -0.2) is 0 Å². The predicted octanol–water partition coefficient (Wildman–Crippen LogP) is 1.78. The topological polar surface area (TPSA) is 47.9 Å². The van der Waals surface area contributed by atoms with Crippen molar-refractivity contribution in [2.45, 2.75) is 24.9 Å². The molecule has 1 saturated carbocycles. The number of hydrogen-bond donors (Lipinski definition) is 1. The first-order valence-corrected chi connectivity index (χ1v) is 5.63. The fourth-order valence-corrected chi connectivity index (χ4v) is 1.94. The molecule has 0 saturated heterocycles. The van der Waals surface area contributed by atoms with E-state index in [2.05, 4.69) is 0 Å². The van der Waals surface area contributed by atoms with Gasteiger partial charge in [0.15, 0.2) is 11.5 Å². The minimum atomic E-state index is -0.565. The van der Waals surface area contributed by atoms with Gasteiger partial charge in [0, 0.05) is 18.1 Å². The highest BCUT2D eigenvalue weighted by Gasteiger charge is 2.41. The zero-order valence-electron chi connectivity index (χ0n) is 10.4. The summed E-state index contributed by atoms with van der Waals surface area (Å²) in [5.74, 6) is 2.02. The van der Waals surface area contributed by atoms with Crippen LogP contribution >= 0.6 is 0 Å². The van der Waals surface area contributed by atoms with Gasteiger partial charge in [-0.05, 0) is 18.9 Å². The molecule has 4 heteroatoms. The molecule has 4 nitrogen and oxygen atoms in total. The van der Waals surface area contributed by atoms with Gasteiger partial charge in [-0.2, -0.15) is 0 Å². The summed E-state index contributed by atoms with van der Waals surface area (Å²) in [5.41, 5.74) is 0.355. The predicted molar refractivity (Wildman–Crippen MR) is 64.0 cm³/mol. The summed E-state index contributed by atoms with van der Waals surface area (Å²) in [6, 6.07) is 3.66. The van der Waals surface area contributed by atoms with E-state index in [9.17, 15) is 5.11 Å². The lowest BCUT2D eigenvalue weighted by Crippen LogP contribution is -2.12. The van der Waals surface area contributed by atoms with Gasteiger partial charge in [0.25, 0.3) is 0 Å². The van der Waals surface area contributed by atoms with E-state index in [1.54, 1.807) is 27.4 Å². The molecule has 1 aliphatic rings. The third-order valence-electron chi connectivity index (χ3n) is 3.11. The fraction of sp³-hybridized carbons (Fsp3) is 0.538. The van der Waals surface area contributed by atoms with Crippen LogP contribution in [0.1, 0.15) is 18.4 Å². The zero-order chi connectivity index (χ0) is 12.5. The summed E-state index contributed by atoms with van der Waals surface area (Å²) in [6.07, 6.45) is 2.26. The Morgan fingerprint density at radius 1 is 1.12 bits per heavy atom. The fourth-order valence-electron chi connectivity index (χ4n) is 1.94. The summed E-state index contributed by atoms with van der Waals surface area (Å²) in [6.45, 7) is 0. The number of benzene rings is 1. The molecule has 1 aromatic carbocycles. The Morgan fingerprint density at radius 2 is 1.82 bits per heavy atom. The van der Waals surface area contributed by atoms with Gasteiger partial charge < -0.3 is 19.3 Å². The quantitative estimate of drug-likeness (QED) is 0.849. The lowest BCUT2D eigenvalue weighted by atomic mass is 10.0. The van der Waals surface area contributed by atoms with Gasteiger partial charge in [-0.1, -0.05) is 0 Å². The molecule has 0 aromatic heterocycles. The molecule has 0 aliphatic heterocycles. The second-order valence-corrected chi connectivity index (χ2v) is 4.42. The highest BCUT2D eigenvalue weighted by molar-refractivity contribution is 5.52. The Morgan fingerprint density at radius 3 is 2.29 bits per heavy atom. The molecular formula is C13H18O4. The molecule has 1 aliphatic carbocycles. The van der Waals surface area contributed by atoms with Crippen molar-refractivity contribution >= 4 is 0 Å². The molecule has 2 rings (SSSR count). The van der Waals surface area contributed by atoms with Crippen molar-refractivity contribution in [1.82, 2.24) is 0 Å². The van der Waals surface area contributed by atoms with E-state index in [-0.39, 0.29) is 0 Å². The molecule has 0 heterocycles. The third kappa shape index (κ3) is 2.47. The largest absolute Gasteiger partial charge is 0.497 e. The van der Waals surface area contributed by atoms with E-state index in [4.69, 9.17) is 14.2 Å². The maximum atomic E-state index is 9.99. The van der Waals surface area contributed by atoms with Crippen molar-refractivity contribution in [1.29, 1.82) is 0 Å². The van der Waals surface area contributed by atoms with E-state index < -0.39 is 5.60 Å². The molecule has 17 heavy (non-hydrogen) atoms. The Labute approximate surface area is 101 Å². The summed E-state index contributed by atoms with van der Waals surface area (Å²) < 4.78 is 15.8. The van der Waals surface area contributed by atoms with Gasteiger partial charge in [-0.3, -0.25) is 0 Å². The standard InChI is InChI=1S/C13H18O4/c1-15-10-6-9(8-13(14)4-5-13)12(17-3)11(7-10)16-2/h6-7,14H,4-5,8H2,1-3H3. The van der Waals surface area contributed by atoms with Gasteiger partial charge in [0.05, 0.1) is 26.9 Å². The van der Waals surface area contributed by atoms with E-state index in [0.29, 0.717) is 23.7 Å². The van der Waals surface area contributed by atoms with Crippen molar-refractivity contribution in [2.24, 2.45) is 0 Å². The monoisotopic (exact) mass is 238 g/mol. The summed E-state index contributed by atoms with van der Waals surface area (Å²) >= 11 is 0. The molecule has 94 valence electrons. The van der Waals surface area contributed by atoms with Crippen LogP contribution in [0.3, 0.4) is 0 Å². The van der Waals surface area contributed by atoms with E-state index in [1.165, 1.54) is 0 Å². The van der Waals surface area contributed by atoms with Crippen LogP contribution in [0.25, 0.3) is 0 Å². The van der Waals surface area contributed by atoms with Crippen molar-refractivity contribution in [2.75, 3.05) is 21.3 Å². The van der Waals surface area contributed by atoms with Crippen molar-refractivity contribution in [3.63, 3.8) is 0 Å². The lowest BCUT2D eigenvalue weighted by molar-refractivity contribution is 0.149. The average molecular weight is 238 g/mol. The minimum Gasteiger partial charge on any atom is -0.497 e. The van der Waals surface area contributed by atoms with Gasteiger partial charge >= 0.3 is 0 Å². The van der Waals surface area contributed by atoms with E-state index in [0.717, 1.165) is 18.4 Å². The first-order chi connectivity index (χ1) is 8.11. The summed E-state index contributed by atoms with van der Waals surface area (Å²) in [5, 5.41) is 9.99. The van der Waals surface area contributed by atoms with Crippen LogP contribution in [0.2, 0.25) is 0 Å². The van der Waals surface area contributed by atoms with Crippen LogP contribution in [0.15, 0.2) is 12.1 Å². The number of hydrogen-bond acceptors (Lipinski definition) is 4. The SMILES string of the molecule is COc1cc(CC2(O)CC2)c(OC)c(OC)c1. The number of aliphatic hydroxyl groups is 1. The Hall–Kier alpha value is -1.42. The van der Waals surface area contributed by atoms with E-state index in [1.807, 2.05) is 6.07 Å². The van der Waals surface area contributed by atoms with Gasteiger partial charge in [0.1, 0.15) is 5.75 Å². The van der Waals surface area contributed by atoms with Crippen LogP contribution < -0.4 is 14.2 Å². The van der Waals surface area contributed by atoms with Gasteiger partial charge in [-0.15, -0.1) is 0 Å². The molecule has 0 spiro atoms. The van der Waals surface area contributed by atoms with Crippen LogP contribution in [0.4, 0.5) is 0 Å². The molecular weight excluding hydrogens is 220 g/mol. The zero-order valence-corrected chi connectivity index (χ0v) is 10.4. The third-order valence-corrected chi connectivity index (χ3v) is 3.11. The maximum absolute atomic E-state index is 9.99. The molecule has 1 N–H and O–H groups in total. The molecule has 1 fully saturated rings. The maximum Gasteiger partial charge on any atom is 0.164 e. The first kappa shape index (κ1) is 12.0. The molecule has 1 aromatic rings. The van der Waals surface area contributed by atoms with Crippen LogP contribution in [0.5, 0.6) is 17.2 Å². The number of rotatable bonds is 5. The highest BCUT2D eigenvalue weighted by Crippen LogP contribution is 2.43. The van der Waals surface area contributed by atoms with Crippen LogP contribution in [0, 0.1) is 0 Å². The van der Waals surface area contributed by atoms with Crippen molar-refractivity contribution in [3.8, 4) is 17.2 Å². The second-order valence-electron chi connectivity index (χ2n) is 4.42. The Balaban J connectivity index is 2.38. The summed E-state index contributed by atoms with van der Waals surface area (Å²) in [7, 11) is 4.80. The smallest absolute Gasteiger partial charge is 0.164 e. The van der Waals surface area contributed by atoms with Gasteiger partial charge in [0.2, 0.25) is 0 Å². The highest BCUT2D eigenvalue weighted by atomic mass is 16.5. The lowest BCUT2D eigenvalue weighted by Gasteiger charge is -2.16. The normalized spacial score (nSPS) is 16.5. The number of methoxy groups -OCH3 is 3.